The summed E-state index contributed by atoms with van der Waals surface area (Å²) in [6.07, 6.45) is 5.57. The Labute approximate surface area is 175 Å². The zero-order chi connectivity index (χ0) is 20.8. The Bertz CT molecular complexity index is 1030. The summed E-state index contributed by atoms with van der Waals surface area (Å²) in [6, 6.07) is 27.1. The Kier molecular flexibility index (Phi) is 5.57. The number of carbonyl (C=O) groups excluding carboxylic acids is 2. The molecule has 148 valence electrons. The fourth-order valence-corrected chi connectivity index (χ4v) is 3.20. The third-order valence-corrected chi connectivity index (χ3v) is 4.78. The summed E-state index contributed by atoms with van der Waals surface area (Å²) in [7, 11) is 0. The van der Waals surface area contributed by atoms with E-state index >= 15 is 0 Å². The molecule has 0 N–H and O–H groups in total. The van der Waals surface area contributed by atoms with Crippen molar-refractivity contribution in [1.29, 1.82) is 0 Å². The highest BCUT2D eigenvalue weighted by Crippen LogP contribution is 2.32. The molecule has 0 spiro atoms. The second-order valence-corrected chi connectivity index (χ2v) is 6.89. The average Bonchev–Trinajstić information content (AvgIpc) is 2.81. The lowest BCUT2D eigenvalue weighted by molar-refractivity contribution is -0.133. The Morgan fingerprint density at radius 1 is 0.667 bits per heavy atom. The summed E-state index contributed by atoms with van der Waals surface area (Å²) >= 11 is 0. The molecular formula is C26H20O4. The minimum absolute atomic E-state index is 0.213. The summed E-state index contributed by atoms with van der Waals surface area (Å²) in [5.41, 5.74) is 2.78. The lowest BCUT2D eigenvalue weighted by atomic mass is 9.96. The minimum atomic E-state index is -1.52. The number of rotatable bonds is 5. The van der Waals surface area contributed by atoms with Gasteiger partial charge in [-0.1, -0.05) is 78.9 Å². The molecule has 0 heterocycles. The molecule has 0 amide bonds. The van der Waals surface area contributed by atoms with Gasteiger partial charge in [0.1, 0.15) is 0 Å². The van der Waals surface area contributed by atoms with Crippen molar-refractivity contribution in [3.8, 4) is 0 Å². The first-order valence-corrected chi connectivity index (χ1v) is 9.67. The summed E-state index contributed by atoms with van der Waals surface area (Å²) in [5, 5.41) is 0. The summed E-state index contributed by atoms with van der Waals surface area (Å²) in [5.74, 6) is -2.63. The van der Waals surface area contributed by atoms with Crippen LogP contribution in [0.15, 0.2) is 109 Å². The van der Waals surface area contributed by atoms with Crippen LogP contribution in [0, 0.1) is 0 Å². The zero-order valence-corrected chi connectivity index (χ0v) is 16.2. The number of benzene rings is 3. The quantitative estimate of drug-likeness (QED) is 0.426. The van der Waals surface area contributed by atoms with Crippen LogP contribution < -0.4 is 0 Å². The van der Waals surface area contributed by atoms with Crippen molar-refractivity contribution < 1.29 is 19.1 Å². The number of ether oxygens (including phenoxy) is 2. The Morgan fingerprint density at radius 2 is 1.13 bits per heavy atom. The highest BCUT2D eigenvalue weighted by Gasteiger charge is 2.37. The van der Waals surface area contributed by atoms with Gasteiger partial charge < -0.3 is 9.47 Å². The van der Waals surface area contributed by atoms with Gasteiger partial charge in [0.25, 0.3) is 5.79 Å². The summed E-state index contributed by atoms with van der Waals surface area (Å²) in [6.45, 7) is 0. The van der Waals surface area contributed by atoms with Gasteiger partial charge in [-0.3, -0.25) is 0 Å². The SMILES string of the molecule is O=C(OC1(OC(=O)c2ccccc2)C=CC(c2ccccc2)=CC1)c1ccccc1. The van der Waals surface area contributed by atoms with Crippen LogP contribution in [-0.4, -0.2) is 17.7 Å². The Hall–Kier alpha value is -3.92. The van der Waals surface area contributed by atoms with Gasteiger partial charge in [0.15, 0.2) is 0 Å². The van der Waals surface area contributed by atoms with Crippen molar-refractivity contribution in [2.45, 2.75) is 12.2 Å². The molecule has 4 heteroatoms. The fourth-order valence-electron chi connectivity index (χ4n) is 3.20. The molecule has 0 bridgehead atoms. The fraction of sp³-hybridized carbons (Fsp3) is 0.0769. The van der Waals surface area contributed by atoms with E-state index < -0.39 is 17.7 Å². The van der Waals surface area contributed by atoms with Gasteiger partial charge in [-0.05, 0) is 35.4 Å². The van der Waals surface area contributed by atoms with Gasteiger partial charge in [-0.2, -0.15) is 0 Å². The first kappa shape index (κ1) is 19.4. The van der Waals surface area contributed by atoms with Crippen LogP contribution >= 0.6 is 0 Å². The molecule has 0 atom stereocenters. The summed E-state index contributed by atoms with van der Waals surface area (Å²) in [4.78, 5) is 25.4. The molecule has 3 aromatic rings. The van der Waals surface area contributed by atoms with Gasteiger partial charge in [-0.25, -0.2) is 9.59 Å². The van der Waals surface area contributed by atoms with Crippen molar-refractivity contribution in [2.75, 3.05) is 0 Å². The summed E-state index contributed by atoms with van der Waals surface area (Å²) < 4.78 is 11.5. The standard InChI is InChI=1S/C26H20O4/c27-24(22-12-6-2-7-13-22)29-26(30-25(28)23-14-8-3-9-15-23)18-16-21(17-19-26)20-10-4-1-5-11-20/h1-18H,19H2. The maximum atomic E-state index is 12.7. The third-order valence-electron chi connectivity index (χ3n) is 4.78. The highest BCUT2D eigenvalue weighted by molar-refractivity contribution is 5.92. The van der Waals surface area contributed by atoms with E-state index in [1.807, 2.05) is 54.6 Å². The van der Waals surface area contributed by atoms with E-state index in [0.717, 1.165) is 11.1 Å². The molecule has 30 heavy (non-hydrogen) atoms. The van der Waals surface area contributed by atoms with E-state index in [0.29, 0.717) is 11.1 Å². The predicted octanol–water partition coefficient (Wildman–Crippen LogP) is 5.44. The van der Waals surface area contributed by atoms with Crippen molar-refractivity contribution in [3.05, 3.63) is 126 Å². The second kappa shape index (κ2) is 8.62. The molecule has 1 aliphatic rings. The van der Waals surface area contributed by atoms with Crippen molar-refractivity contribution >= 4 is 17.5 Å². The minimum Gasteiger partial charge on any atom is -0.415 e. The molecule has 0 saturated heterocycles. The molecule has 4 nitrogen and oxygen atoms in total. The average molecular weight is 396 g/mol. The van der Waals surface area contributed by atoms with Gasteiger partial charge in [-0.15, -0.1) is 0 Å². The van der Waals surface area contributed by atoms with E-state index in [1.54, 1.807) is 54.6 Å². The van der Waals surface area contributed by atoms with Crippen molar-refractivity contribution in [3.63, 3.8) is 0 Å². The molecular weight excluding hydrogens is 376 g/mol. The maximum Gasteiger partial charge on any atom is 0.341 e. The number of carbonyl (C=O) groups is 2. The lowest BCUT2D eigenvalue weighted by Crippen LogP contribution is -2.39. The van der Waals surface area contributed by atoms with Gasteiger partial charge in [0.05, 0.1) is 11.1 Å². The van der Waals surface area contributed by atoms with E-state index in [2.05, 4.69) is 0 Å². The molecule has 0 fully saturated rings. The number of esters is 2. The first-order chi connectivity index (χ1) is 14.7. The largest absolute Gasteiger partial charge is 0.415 e. The number of hydrogen-bond acceptors (Lipinski definition) is 4. The van der Waals surface area contributed by atoms with Crippen LogP contribution in [0.1, 0.15) is 32.7 Å². The van der Waals surface area contributed by atoms with Crippen LogP contribution in [0.3, 0.4) is 0 Å². The molecule has 0 saturated carbocycles. The van der Waals surface area contributed by atoms with Crippen LogP contribution in [0.25, 0.3) is 5.57 Å². The van der Waals surface area contributed by atoms with Gasteiger partial charge in [0, 0.05) is 12.5 Å². The molecule has 0 unspecified atom stereocenters. The first-order valence-electron chi connectivity index (χ1n) is 9.67. The normalized spacial score (nSPS) is 14.5. The monoisotopic (exact) mass is 396 g/mol. The molecule has 0 aliphatic heterocycles. The molecule has 3 aromatic carbocycles. The Balaban J connectivity index is 1.61. The molecule has 1 aliphatic carbocycles. The van der Waals surface area contributed by atoms with Crippen LogP contribution in [0.2, 0.25) is 0 Å². The van der Waals surface area contributed by atoms with Crippen LogP contribution in [0.4, 0.5) is 0 Å². The molecule has 0 radical (unpaired) electrons. The van der Waals surface area contributed by atoms with Crippen molar-refractivity contribution in [1.82, 2.24) is 0 Å². The van der Waals surface area contributed by atoms with Crippen molar-refractivity contribution in [2.24, 2.45) is 0 Å². The van der Waals surface area contributed by atoms with E-state index in [4.69, 9.17) is 9.47 Å². The zero-order valence-electron chi connectivity index (χ0n) is 16.2. The molecule has 0 aromatic heterocycles. The van der Waals surface area contributed by atoms with Gasteiger partial charge >= 0.3 is 11.9 Å². The van der Waals surface area contributed by atoms with E-state index in [1.165, 1.54) is 0 Å². The Morgan fingerprint density at radius 3 is 1.57 bits per heavy atom. The lowest BCUT2D eigenvalue weighted by Gasteiger charge is -2.31. The van der Waals surface area contributed by atoms with E-state index in [-0.39, 0.29) is 6.42 Å². The van der Waals surface area contributed by atoms with Crippen LogP contribution in [-0.2, 0) is 9.47 Å². The predicted molar refractivity (Wildman–Crippen MR) is 115 cm³/mol. The smallest absolute Gasteiger partial charge is 0.341 e. The van der Waals surface area contributed by atoms with Gasteiger partial charge in [0.2, 0.25) is 0 Å². The maximum absolute atomic E-state index is 12.7. The molecule has 4 rings (SSSR count). The highest BCUT2D eigenvalue weighted by atomic mass is 16.7. The second-order valence-electron chi connectivity index (χ2n) is 6.89. The number of hydrogen-bond donors (Lipinski definition) is 0. The van der Waals surface area contributed by atoms with E-state index in [9.17, 15) is 9.59 Å². The topological polar surface area (TPSA) is 52.6 Å². The van der Waals surface area contributed by atoms with Crippen LogP contribution in [0.5, 0.6) is 0 Å². The number of allylic oxidation sites excluding steroid dienone is 2. The third kappa shape index (κ3) is 4.39.